The zero-order valence-corrected chi connectivity index (χ0v) is 10.6. The third kappa shape index (κ3) is 3.54. The fourth-order valence-corrected chi connectivity index (χ4v) is 1.85. The van der Waals surface area contributed by atoms with Gasteiger partial charge in [-0.1, -0.05) is 11.6 Å². The number of halogens is 1. The van der Waals surface area contributed by atoms with Crippen LogP contribution < -0.4 is 10.6 Å². The summed E-state index contributed by atoms with van der Waals surface area (Å²) in [5.41, 5.74) is 0.265. The van der Waals surface area contributed by atoms with Crippen LogP contribution in [0.3, 0.4) is 0 Å². The van der Waals surface area contributed by atoms with Gasteiger partial charge in [-0.25, -0.2) is 0 Å². The van der Waals surface area contributed by atoms with Crippen LogP contribution in [0.2, 0.25) is 5.02 Å². The van der Waals surface area contributed by atoms with Gasteiger partial charge in [-0.3, -0.25) is 15.1 Å². The lowest BCUT2D eigenvalue weighted by Gasteiger charge is -2.08. The maximum Gasteiger partial charge on any atom is 0.311 e. The standard InChI is InChI=1S/C11H15ClN4O2/c12-9-6-13-7-10(16(17)18)11(9)15-5-1-4-14-8-2-3-8/h6-8,14H,1-5H2,(H,13,15). The second-order valence-electron chi connectivity index (χ2n) is 4.28. The summed E-state index contributed by atoms with van der Waals surface area (Å²) < 4.78 is 0. The van der Waals surface area contributed by atoms with E-state index in [0.717, 1.165) is 13.0 Å². The molecule has 98 valence electrons. The molecule has 0 spiro atoms. The van der Waals surface area contributed by atoms with Crippen LogP contribution in [0, 0.1) is 10.1 Å². The van der Waals surface area contributed by atoms with Gasteiger partial charge in [0.2, 0.25) is 0 Å². The highest BCUT2D eigenvalue weighted by Gasteiger charge is 2.20. The number of nitrogens with zero attached hydrogens (tertiary/aromatic N) is 2. The third-order valence-electron chi connectivity index (χ3n) is 2.74. The smallest absolute Gasteiger partial charge is 0.311 e. The van der Waals surface area contributed by atoms with E-state index in [0.29, 0.717) is 18.3 Å². The first-order chi connectivity index (χ1) is 8.68. The zero-order valence-electron chi connectivity index (χ0n) is 9.86. The summed E-state index contributed by atoms with van der Waals surface area (Å²) in [6.45, 7) is 1.55. The van der Waals surface area contributed by atoms with Gasteiger partial charge in [-0.2, -0.15) is 0 Å². The van der Waals surface area contributed by atoms with Crippen molar-refractivity contribution in [1.29, 1.82) is 0 Å². The van der Waals surface area contributed by atoms with Gasteiger partial charge in [0.1, 0.15) is 11.9 Å². The van der Waals surface area contributed by atoms with E-state index in [-0.39, 0.29) is 10.7 Å². The molecule has 0 amide bonds. The summed E-state index contributed by atoms with van der Waals surface area (Å²) >= 11 is 5.90. The Morgan fingerprint density at radius 1 is 1.44 bits per heavy atom. The molecule has 0 bridgehead atoms. The number of nitrogens with one attached hydrogen (secondary N) is 2. The lowest BCUT2D eigenvalue weighted by molar-refractivity contribution is -0.384. The Bertz CT molecular complexity index is 437. The fourth-order valence-electron chi connectivity index (χ4n) is 1.63. The molecule has 1 heterocycles. The number of hydrogen-bond acceptors (Lipinski definition) is 5. The van der Waals surface area contributed by atoms with Crippen LogP contribution in [0.15, 0.2) is 12.4 Å². The Kier molecular flexibility index (Phi) is 4.33. The molecule has 18 heavy (non-hydrogen) atoms. The number of anilines is 1. The highest BCUT2D eigenvalue weighted by Crippen LogP contribution is 2.30. The molecule has 0 atom stereocenters. The SMILES string of the molecule is O=[N+]([O-])c1cncc(Cl)c1NCCCNC1CC1. The molecular formula is C11H15ClN4O2. The number of pyridine rings is 1. The molecule has 0 saturated heterocycles. The molecule has 0 unspecified atom stereocenters. The molecule has 6 nitrogen and oxygen atoms in total. The minimum atomic E-state index is -0.482. The summed E-state index contributed by atoms with van der Waals surface area (Å²) in [5.74, 6) is 0. The Labute approximate surface area is 110 Å². The first kappa shape index (κ1) is 13.0. The molecule has 1 aromatic heterocycles. The van der Waals surface area contributed by atoms with Crippen molar-refractivity contribution in [1.82, 2.24) is 10.3 Å². The Morgan fingerprint density at radius 2 is 2.22 bits per heavy atom. The van der Waals surface area contributed by atoms with Crippen LogP contribution in [-0.4, -0.2) is 29.0 Å². The van der Waals surface area contributed by atoms with Crippen molar-refractivity contribution in [3.63, 3.8) is 0 Å². The van der Waals surface area contributed by atoms with Crippen molar-refractivity contribution in [3.8, 4) is 0 Å². The van der Waals surface area contributed by atoms with E-state index in [1.54, 1.807) is 0 Å². The molecule has 1 aliphatic carbocycles. The number of rotatable bonds is 7. The van der Waals surface area contributed by atoms with Crippen LogP contribution in [0.25, 0.3) is 0 Å². The minimum Gasteiger partial charge on any atom is -0.378 e. The van der Waals surface area contributed by atoms with Crippen molar-refractivity contribution in [2.45, 2.75) is 25.3 Å². The first-order valence-corrected chi connectivity index (χ1v) is 6.31. The molecule has 1 aliphatic rings. The van der Waals surface area contributed by atoms with E-state index >= 15 is 0 Å². The molecule has 2 rings (SSSR count). The van der Waals surface area contributed by atoms with Crippen molar-refractivity contribution < 1.29 is 4.92 Å². The van der Waals surface area contributed by atoms with Crippen LogP contribution in [-0.2, 0) is 0 Å². The van der Waals surface area contributed by atoms with Crippen LogP contribution >= 0.6 is 11.6 Å². The van der Waals surface area contributed by atoms with Gasteiger partial charge in [0.15, 0.2) is 0 Å². The highest BCUT2D eigenvalue weighted by molar-refractivity contribution is 6.33. The quantitative estimate of drug-likeness (QED) is 0.451. The minimum absolute atomic E-state index is 0.0855. The van der Waals surface area contributed by atoms with Gasteiger partial charge >= 0.3 is 5.69 Å². The largest absolute Gasteiger partial charge is 0.378 e. The third-order valence-corrected chi connectivity index (χ3v) is 3.03. The summed E-state index contributed by atoms with van der Waals surface area (Å²) in [6.07, 6.45) is 6.02. The normalized spacial score (nSPS) is 14.5. The lowest BCUT2D eigenvalue weighted by Crippen LogP contribution is -2.20. The van der Waals surface area contributed by atoms with E-state index in [1.807, 2.05) is 0 Å². The molecular weight excluding hydrogens is 256 g/mol. The lowest BCUT2D eigenvalue weighted by atomic mass is 10.3. The van der Waals surface area contributed by atoms with Crippen LogP contribution in [0.4, 0.5) is 11.4 Å². The highest BCUT2D eigenvalue weighted by atomic mass is 35.5. The van der Waals surface area contributed by atoms with Gasteiger partial charge in [-0.15, -0.1) is 0 Å². The number of nitro groups is 1. The summed E-state index contributed by atoms with van der Waals surface area (Å²) in [4.78, 5) is 14.0. The van der Waals surface area contributed by atoms with Gasteiger partial charge in [0.25, 0.3) is 0 Å². The van der Waals surface area contributed by atoms with E-state index < -0.39 is 4.92 Å². The van der Waals surface area contributed by atoms with Crippen molar-refractivity contribution in [3.05, 3.63) is 27.5 Å². The van der Waals surface area contributed by atoms with E-state index in [9.17, 15) is 10.1 Å². The van der Waals surface area contributed by atoms with Gasteiger partial charge < -0.3 is 10.6 Å². The molecule has 0 aromatic carbocycles. The second kappa shape index (κ2) is 5.97. The maximum atomic E-state index is 10.8. The van der Waals surface area contributed by atoms with Crippen molar-refractivity contribution in [2.75, 3.05) is 18.4 Å². The predicted octanol–water partition coefficient (Wildman–Crippen LogP) is 2.20. The fraction of sp³-hybridized carbons (Fsp3) is 0.545. The molecule has 7 heteroatoms. The second-order valence-corrected chi connectivity index (χ2v) is 4.69. The van der Waals surface area contributed by atoms with Gasteiger partial charge in [-0.05, 0) is 25.8 Å². The van der Waals surface area contributed by atoms with Gasteiger partial charge in [0, 0.05) is 18.8 Å². The summed E-state index contributed by atoms with van der Waals surface area (Å²) in [7, 11) is 0. The van der Waals surface area contributed by atoms with Crippen molar-refractivity contribution >= 4 is 23.0 Å². The van der Waals surface area contributed by atoms with E-state index in [2.05, 4.69) is 15.6 Å². The molecule has 1 aromatic rings. The topological polar surface area (TPSA) is 80.1 Å². The van der Waals surface area contributed by atoms with Gasteiger partial charge in [0.05, 0.1) is 9.95 Å². The molecule has 0 aliphatic heterocycles. The Balaban J connectivity index is 1.84. The average Bonchev–Trinajstić information content (AvgIpc) is 3.14. The summed E-state index contributed by atoms with van der Waals surface area (Å²) in [5, 5.41) is 17.5. The summed E-state index contributed by atoms with van der Waals surface area (Å²) in [6, 6.07) is 0.684. The Hall–Kier alpha value is -1.40. The Morgan fingerprint density at radius 3 is 2.89 bits per heavy atom. The number of aromatic nitrogens is 1. The van der Waals surface area contributed by atoms with Crippen LogP contribution in [0.5, 0.6) is 0 Å². The molecule has 2 N–H and O–H groups in total. The van der Waals surface area contributed by atoms with Crippen molar-refractivity contribution in [2.24, 2.45) is 0 Å². The van der Waals surface area contributed by atoms with E-state index in [1.165, 1.54) is 25.2 Å². The average molecular weight is 271 g/mol. The number of hydrogen-bond donors (Lipinski definition) is 2. The maximum absolute atomic E-state index is 10.8. The molecule has 1 fully saturated rings. The zero-order chi connectivity index (χ0) is 13.0. The predicted molar refractivity (Wildman–Crippen MR) is 70.0 cm³/mol. The van der Waals surface area contributed by atoms with E-state index in [4.69, 9.17) is 11.6 Å². The monoisotopic (exact) mass is 270 g/mol. The molecule has 1 saturated carbocycles. The van der Waals surface area contributed by atoms with Crippen LogP contribution in [0.1, 0.15) is 19.3 Å². The first-order valence-electron chi connectivity index (χ1n) is 5.93. The molecule has 0 radical (unpaired) electrons.